The number of carbonyl (C=O) groups is 2. The van der Waals surface area contributed by atoms with Crippen LogP contribution in [0.5, 0.6) is 0 Å². The minimum absolute atomic E-state index is 0. The standard InChI is InChI=1S/C15H29NO6S.Na.H/c1-2-3-4-5-6-7-8-9-10-11-14(17)22-15(18)13(16)12-23(19,20)21;;/h13H,2-12,16H2,1H3,(H,19,20,21);;/t13-;;/m1../s1. The van der Waals surface area contributed by atoms with Crippen molar-refractivity contribution < 1.29 is 27.3 Å². The summed E-state index contributed by atoms with van der Waals surface area (Å²) in [6.45, 7) is 2.18. The molecule has 24 heavy (non-hydrogen) atoms. The quantitative estimate of drug-likeness (QED) is 0.164. The molecule has 9 heteroatoms. The summed E-state index contributed by atoms with van der Waals surface area (Å²) in [4.78, 5) is 22.8. The van der Waals surface area contributed by atoms with Crippen LogP contribution in [0.25, 0.3) is 0 Å². The molecule has 0 radical (unpaired) electrons. The van der Waals surface area contributed by atoms with E-state index in [9.17, 15) is 18.0 Å². The van der Waals surface area contributed by atoms with Crippen LogP contribution in [-0.4, -0.2) is 66.3 Å². The van der Waals surface area contributed by atoms with Gasteiger partial charge >= 0.3 is 41.5 Å². The van der Waals surface area contributed by atoms with E-state index in [1.165, 1.54) is 32.1 Å². The zero-order valence-electron chi connectivity index (χ0n) is 13.8. The number of rotatable bonds is 13. The molecule has 0 aliphatic rings. The van der Waals surface area contributed by atoms with Gasteiger partial charge in [0.2, 0.25) is 0 Å². The van der Waals surface area contributed by atoms with Crippen molar-refractivity contribution in [3.05, 3.63) is 0 Å². The van der Waals surface area contributed by atoms with Gasteiger partial charge in [0.1, 0.15) is 11.8 Å². The molecule has 0 rings (SSSR count). The first-order valence-electron chi connectivity index (χ1n) is 8.21. The van der Waals surface area contributed by atoms with Gasteiger partial charge in [-0.05, 0) is 6.42 Å². The fourth-order valence-corrected chi connectivity index (χ4v) is 2.70. The second-order valence-corrected chi connectivity index (χ2v) is 7.22. The Morgan fingerprint density at radius 2 is 1.46 bits per heavy atom. The molecule has 0 saturated heterocycles. The average Bonchev–Trinajstić information content (AvgIpc) is 2.43. The van der Waals surface area contributed by atoms with E-state index < -0.39 is 33.9 Å². The molecule has 0 amide bonds. The van der Waals surface area contributed by atoms with E-state index in [1.54, 1.807) is 0 Å². The van der Waals surface area contributed by atoms with Crippen molar-refractivity contribution >= 4 is 51.6 Å². The number of nitrogens with two attached hydrogens (primary N) is 1. The van der Waals surface area contributed by atoms with E-state index in [-0.39, 0.29) is 36.0 Å². The predicted octanol–water partition coefficient (Wildman–Crippen LogP) is 1.54. The van der Waals surface area contributed by atoms with Gasteiger partial charge in [0.25, 0.3) is 10.1 Å². The zero-order chi connectivity index (χ0) is 17.7. The first-order valence-corrected chi connectivity index (χ1v) is 9.82. The second-order valence-electron chi connectivity index (χ2n) is 5.73. The molecule has 3 N–H and O–H groups in total. The number of esters is 2. The Bertz CT molecular complexity index is 455. The van der Waals surface area contributed by atoms with Crippen LogP contribution in [0.1, 0.15) is 71.1 Å². The van der Waals surface area contributed by atoms with Crippen molar-refractivity contribution in [2.24, 2.45) is 5.73 Å². The summed E-state index contributed by atoms with van der Waals surface area (Å²) in [6.07, 6.45) is 10.0. The first kappa shape index (κ1) is 26.2. The monoisotopic (exact) mass is 375 g/mol. The molecule has 0 aromatic heterocycles. The van der Waals surface area contributed by atoms with Crippen LogP contribution >= 0.6 is 0 Å². The van der Waals surface area contributed by atoms with Crippen LogP contribution < -0.4 is 5.73 Å². The van der Waals surface area contributed by atoms with E-state index in [4.69, 9.17) is 10.3 Å². The van der Waals surface area contributed by atoms with Gasteiger partial charge in [-0.3, -0.25) is 9.35 Å². The molecule has 0 fully saturated rings. The van der Waals surface area contributed by atoms with Gasteiger partial charge in [-0.1, -0.05) is 58.3 Å². The van der Waals surface area contributed by atoms with Crippen molar-refractivity contribution in [2.75, 3.05) is 5.75 Å². The summed E-state index contributed by atoms with van der Waals surface area (Å²) in [5.74, 6) is -2.82. The van der Waals surface area contributed by atoms with Gasteiger partial charge in [-0.25, -0.2) is 4.79 Å². The van der Waals surface area contributed by atoms with Crippen molar-refractivity contribution in [1.82, 2.24) is 0 Å². The summed E-state index contributed by atoms with van der Waals surface area (Å²) in [6, 6.07) is -1.56. The third-order valence-electron chi connectivity index (χ3n) is 3.39. The third kappa shape index (κ3) is 16.9. The molecule has 138 valence electrons. The summed E-state index contributed by atoms with van der Waals surface area (Å²) >= 11 is 0. The summed E-state index contributed by atoms with van der Waals surface area (Å²) in [5, 5.41) is 0. The van der Waals surface area contributed by atoms with Gasteiger partial charge in [0, 0.05) is 6.42 Å². The Balaban J connectivity index is 0. The minimum atomic E-state index is -4.38. The van der Waals surface area contributed by atoms with Crippen LogP contribution in [0.4, 0.5) is 0 Å². The van der Waals surface area contributed by atoms with Crippen molar-refractivity contribution in [3.8, 4) is 0 Å². The third-order valence-corrected chi connectivity index (χ3v) is 4.17. The van der Waals surface area contributed by atoms with Gasteiger partial charge in [-0.15, -0.1) is 0 Å². The van der Waals surface area contributed by atoms with E-state index in [0.717, 1.165) is 19.3 Å². The number of ether oxygens (including phenoxy) is 1. The fourth-order valence-electron chi connectivity index (χ4n) is 2.11. The van der Waals surface area contributed by atoms with Crippen molar-refractivity contribution in [2.45, 2.75) is 77.2 Å². The average molecular weight is 375 g/mol. The zero-order valence-corrected chi connectivity index (χ0v) is 14.6. The van der Waals surface area contributed by atoms with Crippen LogP contribution in [-0.2, 0) is 24.4 Å². The van der Waals surface area contributed by atoms with Gasteiger partial charge < -0.3 is 10.5 Å². The Morgan fingerprint density at radius 3 is 1.92 bits per heavy atom. The van der Waals surface area contributed by atoms with Gasteiger partial charge in [-0.2, -0.15) is 8.42 Å². The molecule has 0 aromatic carbocycles. The molecule has 0 unspecified atom stereocenters. The van der Waals surface area contributed by atoms with E-state index >= 15 is 0 Å². The molecule has 0 aromatic rings. The van der Waals surface area contributed by atoms with Crippen LogP contribution in [0.2, 0.25) is 0 Å². The normalized spacial score (nSPS) is 12.3. The number of carbonyl (C=O) groups excluding carboxylic acids is 2. The Morgan fingerprint density at radius 1 is 1.00 bits per heavy atom. The fraction of sp³-hybridized carbons (Fsp3) is 0.867. The van der Waals surface area contributed by atoms with Crippen LogP contribution in [0.15, 0.2) is 0 Å². The molecule has 0 saturated carbocycles. The summed E-state index contributed by atoms with van der Waals surface area (Å²) in [5.41, 5.74) is 5.23. The van der Waals surface area contributed by atoms with E-state index in [0.29, 0.717) is 6.42 Å². The molecular formula is C15H30NNaO6S. The molecule has 0 aliphatic heterocycles. The van der Waals surface area contributed by atoms with Crippen molar-refractivity contribution in [3.63, 3.8) is 0 Å². The number of hydrogen-bond acceptors (Lipinski definition) is 6. The molecule has 1 atom stereocenters. The van der Waals surface area contributed by atoms with Crippen LogP contribution in [0, 0.1) is 0 Å². The maximum absolute atomic E-state index is 11.4. The number of unbranched alkanes of at least 4 members (excludes halogenated alkanes) is 8. The topological polar surface area (TPSA) is 124 Å². The molecule has 0 heterocycles. The summed E-state index contributed by atoms with van der Waals surface area (Å²) in [7, 11) is -4.38. The molecule has 0 spiro atoms. The molecule has 7 nitrogen and oxygen atoms in total. The first-order chi connectivity index (χ1) is 10.8. The molecule has 0 bridgehead atoms. The van der Waals surface area contributed by atoms with Crippen molar-refractivity contribution in [1.29, 1.82) is 0 Å². The van der Waals surface area contributed by atoms with Gasteiger partial charge in [0.15, 0.2) is 0 Å². The maximum atomic E-state index is 11.4. The SMILES string of the molecule is CCCCCCCCCCCC(=O)OC(=O)[C@H](N)CS(=O)(=O)O.[NaH]. The van der Waals surface area contributed by atoms with E-state index in [1.807, 2.05) is 0 Å². The summed E-state index contributed by atoms with van der Waals surface area (Å²) < 4.78 is 34.2. The Kier molecular flexibility index (Phi) is 16.7. The Hall–Kier alpha value is 0.01000. The van der Waals surface area contributed by atoms with Gasteiger partial charge in [0.05, 0.1) is 0 Å². The molecule has 0 aliphatic carbocycles. The molecular weight excluding hydrogens is 345 g/mol. The van der Waals surface area contributed by atoms with Crippen LogP contribution in [0.3, 0.4) is 0 Å². The Labute approximate surface area is 167 Å². The second kappa shape index (κ2) is 15.3. The predicted molar refractivity (Wildman–Crippen MR) is 94.5 cm³/mol. The van der Waals surface area contributed by atoms with E-state index in [2.05, 4.69) is 11.7 Å². The number of hydrogen-bond donors (Lipinski definition) is 2.